The van der Waals surface area contributed by atoms with Crippen molar-refractivity contribution < 1.29 is 9.84 Å². The van der Waals surface area contributed by atoms with E-state index in [1.54, 1.807) is 7.11 Å². The van der Waals surface area contributed by atoms with Crippen LogP contribution in [0.15, 0.2) is 0 Å². The van der Waals surface area contributed by atoms with Crippen molar-refractivity contribution in [2.24, 2.45) is 5.41 Å². The number of hydrogen-bond acceptors (Lipinski definition) is 3. The maximum atomic E-state index is 9.11. The molecule has 0 aromatic rings. The minimum absolute atomic E-state index is 0.0962. The van der Waals surface area contributed by atoms with Gasteiger partial charge in [-0.3, -0.25) is 0 Å². The molecule has 0 heterocycles. The lowest BCUT2D eigenvalue weighted by Crippen LogP contribution is -2.42. The molecule has 84 valence electrons. The van der Waals surface area contributed by atoms with Crippen molar-refractivity contribution >= 4 is 0 Å². The van der Waals surface area contributed by atoms with E-state index in [0.717, 1.165) is 0 Å². The molecular weight excluding hydrogens is 178 g/mol. The van der Waals surface area contributed by atoms with Crippen molar-refractivity contribution in [3.05, 3.63) is 0 Å². The van der Waals surface area contributed by atoms with Crippen LogP contribution >= 0.6 is 0 Å². The van der Waals surface area contributed by atoms with E-state index in [4.69, 9.17) is 9.84 Å². The Morgan fingerprint density at radius 3 is 2.71 bits per heavy atom. The third kappa shape index (κ3) is 3.56. The predicted octanol–water partition coefficient (Wildman–Crippen LogP) is 1.16. The van der Waals surface area contributed by atoms with Crippen LogP contribution in [0.5, 0.6) is 0 Å². The van der Waals surface area contributed by atoms with Crippen LogP contribution in [0.1, 0.15) is 33.1 Å². The molecule has 0 saturated heterocycles. The Morgan fingerprint density at radius 2 is 2.29 bits per heavy atom. The van der Waals surface area contributed by atoms with Crippen LogP contribution in [0.2, 0.25) is 0 Å². The van der Waals surface area contributed by atoms with Gasteiger partial charge in [0.05, 0.1) is 19.3 Å². The Labute approximate surface area is 86.8 Å². The average Bonchev–Trinajstić information content (AvgIpc) is 2.45. The maximum Gasteiger partial charge on any atom is 0.0638 e. The average molecular weight is 201 g/mol. The molecule has 0 aliphatic heterocycles. The first-order valence-electron chi connectivity index (χ1n) is 5.43. The van der Waals surface area contributed by atoms with Gasteiger partial charge in [0, 0.05) is 13.2 Å². The van der Waals surface area contributed by atoms with E-state index in [9.17, 15) is 0 Å². The molecule has 0 aromatic carbocycles. The molecule has 0 aromatic heterocycles. The monoisotopic (exact) mass is 201 g/mol. The van der Waals surface area contributed by atoms with Crippen molar-refractivity contribution in [3.63, 3.8) is 0 Å². The van der Waals surface area contributed by atoms with Crippen LogP contribution < -0.4 is 5.32 Å². The predicted molar refractivity (Wildman–Crippen MR) is 57.3 cm³/mol. The van der Waals surface area contributed by atoms with Gasteiger partial charge in [-0.05, 0) is 24.7 Å². The Bertz CT molecular complexity index is 171. The van der Waals surface area contributed by atoms with Crippen molar-refractivity contribution in [2.75, 3.05) is 20.3 Å². The van der Waals surface area contributed by atoms with Gasteiger partial charge in [0.2, 0.25) is 0 Å². The van der Waals surface area contributed by atoms with Crippen molar-refractivity contribution in [1.82, 2.24) is 5.32 Å². The number of hydrogen-bond donors (Lipinski definition) is 2. The highest BCUT2D eigenvalue weighted by Crippen LogP contribution is 2.36. The van der Waals surface area contributed by atoms with Crippen LogP contribution in [-0.2, 0) is 4.74 Å². The summed E-state index contributed by atoms with van der Waals surface area (Å²) in [5.74, 6) is 0. The second kappa shape index (κ2) is 5.10. The van der Waals surface area contributed by atoms with Gasteiger partial charge in [-0.15, -0.1) is 0 Å². The zero-order chi connectivity index (χ0) is 10.6. The van der Waals surface area contributed by atoms with Gasteiger partial charge < -0.3 is 15.2 Å². The van der Waals surface area contributed by atoms with E-state index in [1.807, 2.05) is 0 Å². The second-order valence-corrected chi connectivity index (χ2v) is 5.11. The number of rotatable bonds is 5. The summed E-state index contributed by atoms with van der Waals surface area (Å²) in [4.78, 5) is 0. The van der Waals surface area contributed by atoms with E-state index in [-0.39, 0.29) is 12.6 Å². The second-order valence-electron chi connectivity index (χ2n) is 5.11. The summed E-state index contributed by atoms with van der Waals surface area (Å²) in [6.45, 7) is 5.36. The number of aliphatic hydroxyl groups is 1. The van der Waals surface area contributed by atoms with Crippen molar-refractivity contribution in [2.45, 2.75) is 45.2 Å². The molecular formula is C11H23NO2. The van der Waals surface area contributed by atoms with Crippen LogP contribution in [0.4, 0.5) is 0 Å². The van der Waals surface area contributed by atoms with E-state index in [2.05, 4.69) is 19.2 Å². The summed E-state index contributed by atoms with van der Waals surface area (Å²) in [5, 5.41) is 12.6. The lowest BCUT2D eigenvalue weighted by Gasteiger charge is -2.22. The van der Waals surface area contributed by atoms with Crippen molar-refractivity contribution in [1.29, 1.82) is 0 Å². The van der Waals surface area contributed by atoms with Gasteiger partial charge in [-0.25, -0.2) is 0 Å². The molecule has 2 unspecified atom stereocenters. The minimum atomic E-state index is 0.0962. The fraction of sp³-hybridized carbons (Fsp3) is 1.00. The Hall–Kier alpha value is -0.120. The van der Waals surface area contributed by atoms with Gasteiger partial charge in [0.15, 0.2) is 0 Å². The third-order valence-electron chi connectivity index (χ3n) is 3.03. The van der Waals surface area contributed by atoms with Crippen LogP contribution in [0.3, 0.4) is 0 Å². The van der Waals surface area contributed by atoms with E-state index in [0.29, 0.717) is 18.1 Å². The lowest BCUT2D eigenvalue weighted by molar-refractivity contribution is 0.121. The van der Waals surface area contributed by atoms with Crippen molar-refractivity contribution in [3.8, 4) is 0 Å². The fourth-order valence-corrected chi connectivity index (χ4v) is 2.27. The molecule has 1 aliphatic rings. The van der Waals surface area contributed by atoms with Crippen LogP contribution in [-0.4, -0.2) is 37.5 Å². The summed E-state index contributed by atoms with van der Waals surface area (Å²) in [6, 6.07) is 0.649. The smallest absolute Gasteiger partial charge is 0.0638 e. The molecule has 1 saturated carbocycles. The summed E-state index contributed by atoms with van der Waals surface area (Å²) in [6.07, 6.45) is 3.69. The molecule has 1 fully saturated rings. The largest absolute Gasteiger partial charge is 0.395 e. The molecule has 1 rings (SSSR count). The molecule has 0 amide bonds. The van der Waals surface area contributed by atoms with Gasteiger partial charge in [-0.2, -0.15) is 0 Å². The normalized spacial score (nSPS) is 27.9. The summed E-state index contributed by atoms with van der Waals surface area (Å²) in [7, 11) is 1.67. The highest BCUT2D eigenvalue weighted by Gasteiger charge is 2.31. The molecule has 1 aliphatic carbocycles. The molecule has 3 nitrogen and oxygen atoms in total. The summed E-state index contributed by atoms with van der Waals surface area (Å²) in [5.41, 5.74) is 0.463. The first-order chi connectivity index (χ1) is 6.57. The quantitative estimate of drug-likeness (QED) is 0.701. The van der Waals surface area contributed by atoms with E-state index in [1.165, 1.54) is 19.3 Å². The highest BCUT2D eigenvalue weighted by atomic mass is 16.5. The maximum absolute atomic E-state index is 9.11. The number of methoxy groups -OCH3 is 1. The topological polar surface area (TPSA) is 41.5 Å². The number of ether oxygens (including phenoxy) is 1. The molecule has 0 spiro atoms. The zero-order valence-corrected chi connectivity index (χ0v) is 9.55. The summed E-state index contributed by atoms with van der Waals surface area (Å²) < 4.78 is 5.03. The summed E-state index contributed by atoms with van der Waals surface area (Å²) >= 11 is 0. The fourth-order valence-electron chi connectivity index (χ4n) is 2.27. The highest BCUT2D eigenvalue weighted by molar-refractivity contribution is 4.88. The van der Waals surface area contributed by atoms with Crippen LogP contribution in [0, 0.1) is 5.41 Å². The first kappa shape index (κ1) is 12.0. The van der Waals surface area contributed by atoms with Gasteiger partial charge in [0.1, 0.15) is 0 Å². The van der Waals surface area contributed by atoms with Crippen LogP contribution in [0.25, 0.3) is 0 Å². The van der Waals surface area contributed by atoms with Gasteiger partial charge in [0.25, 0.3) is 0 Å². The Kier molecular flexibility index (Phi) is 4.35. The van der Waals surface area contributed by atoms with Gasteiger partial charge in [-0.1, -0.05) is 13.8 Å². The minimum Gasteiger partial charge on any atom is -0.395 e. The molecule has 3 heteroatoms. The third-order valence-corrected chi connectivity index (χ3v) is 3.03. The lowest BCUT2D eigenvalue weighted by atomic mass is 9.92. The molecule has 2 N–H and O–H groups in total. The zero-order valence-electron chi connectivity index (χ0n) is 9.55. The molecule has 2 atom stereocenters. The first-order valence-corrected chi connectivity index (χ1v) is 5.43. The molecule has 0 radical (unpaired) electrons. The molecule has 14 heavy (non-hydrogen) atoms. The Balaban J connectivity index is 2.30. The standard InChI is InChI=1S/C11H23NO2/c1-11(2)5-4-9(6-11)12-10(7-13)8-14-3/h9-10,12-13H,4-8H2,1-3H3. The molecule has 0 bridgehead atoms. The van der Waals surface area contributed by atoms with E-state index < -0.39 is 0 Å². The number of aliphatic hydroxyl groups excluding tert-OH is 1. The Morgan fingerprint density at radius 1 is 1.57 bits per heavy atom. The van der Waals surface area contributed by atoms with Gasteiger partial charge >= 0.3 is 0 Å². The number of nitrogens with one attached hydrogen (secondary N) is 1. The van der Waals surface area contributed by atoms with E-state index >= 15 is 0 Å². The SMILES string of the molecule is COCC(CO)NC1CCC(C)(C)C1.